The summed E-state index contributed by atoms with van der Waals surface area (Å²) in [5.74, 6) is 2.84. The number of likely N-dealkylation sites (N-methyl/N-ethyl adjacent to an activating group) is 2. The molecule has 0 saturated heterocycles. The normalized spacial score (nSPS) is 16.8. The SMILES string of the molecule is CC/C=C/CCCCCCCC1=NCC[NH+]1C.CCCCCCCCCCCC1=NCC[NH+]1C.CCCCCCO.CCCCCCO. The van der Waals surface area contributed by atoms with Gasteiger partial charge in [-0.15, -0.1) is 0 Å². The third kappa shape index (κ3) is 36.2. The van der Waals surface area contributed by atoms with Gasteiger partial charge in [-0.25, -0.2) is 9.98 Å². The van der Waals surface area contributed by atoms with Gasteiger partial charge in [-0.1, -0.05) is 149 Å². The van der Waals surface area contributed by atoms with Crippen molar-refractivity contribution in [3.05, 3.63) is 12.2 Å². The minimum absolute atomic E-state index is 0.361. The first-order valence-electron chi connectivity index (χ1n) is 21.1. The molecule has 2 heterocycles. The molecular weight excluding hydrogens is 592 g/mol. The summed E-state index contributed by atoms with van der Waals surface area (Å²) in [6, 6.07) is 0. The van der Waals surface area contributed by atoms with Crippen LogP contribution in [0.15, 0.2) is 22.1 Å². The fourth-order valence-electron chi connectivity index (χ4n) is 5.91. The predicted octanol–water partition coefficient (Wildman–Crippen LogP) is 8.56. The summed E-state index contributed by atoms with van der Waals surface area (Å²) in [6.07, 6.45) is 38.5. The molecule has 2 aliphatic heterocycles. The van der Waals surface area contributed by atoms with Crippen molar-refractivity contribution in [3.63, 3.8) is 0 Å². The molecule has 0 spiro atoms. The summed E-state index contributed by atoms with van der Waals surface area (Å²) in [4.78, 5) is 12.2. The monoisotopic (exact) mass is 681 g/mol. The van der Waals surface area contributed by atoms with E-state index in [-0.39, 0.29) is 0 Å². The molecule has 0 amide bonds. The van der Waals surface area contributed by atoms with E-state index in [4.69, 9.17) is 10.2 Å². The topological polar surface area (TPSA) is 74.1 Å². The Bertz CT molecular complexity index is 692. The number of nitrogens with zero attached hydrogens (tertiary/aromatic N) is 2. The Kier molecular flexibility index (Phi) is 43.0. The summed E-state index contributed by atoms with van der Waals surface area (Å²) in [5, 5.41) is 16.6. The highest BCUT2D eigenvalue weighted by molar-refractivity contribution is 5.74. The van der Waals surface area contributed by atoms with Crippen molar-refractivity contribution >= 4 is 11.7 Å². The number of hydrogen-bond acceptors (Lipinski definition) is 4. The second-order valence-electron chi connectivity index (χ2n) is 14.1. The lowest BCUT2D eigenvalue weighted by atomic mass is 10.1. The zero-order valence-electron chi connectivity index (χ0n) is 33.6. The molecule has 0 radical (unpaired) electrons. The number of hydrogen-bond donors (Lipinski definition) is 4. The molecule has 0 aromatic rings. The van der Waals surface area contributed by atoms with Crippen LogP contribution in [0.5, 0.6) is 0 Å². The van der Waals surface area contributed by atoms with Crippen molar-refractivity contribution < 1.29 is 20.0 Å². The van der Waals surface area contributed by atoms with Crippen molar-refractivity contribution in [3.8, 4) is 0 Å². The molecule has 0 bridgehead atoms. The van der Waals surface area contributed by atoms with Crippen LogP contribution in [0.3, 0.4) is 0 Å². The lowest BCUT2D eigenvalue weighted by molar-refractivity contribution is -0.776. The van der Waals surface area contributed by atoms with Crippen molar-refractivity contribution in [2.24, 2.45) is 9.98 Å². The molecule has 0 saturated carbocycles. The standard InChI is InChI=1S/C15H30N2.C15H28N2.2C6H14O/c2*1-3-4-5-6-7-8-9-10-11-12-15-16-13-14-17(15)2;2*1-2-3-4-5-6-7/h3-14H2,1-2H3;4-5H,3,6-14H2,1-2H3;2*7H,2-6H2,1H3/p+2/b;5-4+;;. The summed E-state index contributed by atoms with van der Waals surface area (Å²) in [5.41, 5.74) is 0. The Labute approximate surface area is 301 Å². The van der Waals surface area contributed by atoms with E-state index in [0.29, 0.717) is 13.2 Å². The van der Waals surface area contributed by atoms with Gasteiger partial charge in [-0.05, 0) is 44.9 Å². The average Bonchev–Trinajstić information content (AvgIpc) is 3.71. The number of rotatable bonds is 27. The number of aliphatic hydroxyl groups is 2. The van der Waals surface area contributed by atoms with Crippen molar-refractivity contribution in [1.82, 2.24) is 0 Å². The van der Waals surface area contributed by atoms with Gasteiger partial charge in [0.15, 0.2) is 11.7 Å². The molecule has 48 heavy (non-hydrogen) atoms. The van der Waals surface area contributed by atoms with Crippen LogP contribution >= 0.6 is 0 Å². The Morgan fingerprint density at radius 2 is 0.833 bits per heavy atom. The highest BCUT2D eigenvalue weighted by Crippen LogP contribution is 2.11. The number of nitrogens with one attached hydrogen (secondary N) is 2. The van der Waals surface area contributed by atoms with E-state index in [9.17, 15) is 0 Å². The van der Waals surface area contributed by atoms with Gasteiger partial charge in [0.1, 0.15) is 13.1 Å². The van der Waals surface area contributed by atoms with Crippen molar-refractivity contribution in [1.29, 1.82) is 0 Å². The van der Waals surface area contributed by atoms with Gasteiger partial charge in [-0.2, -0.15) is 0 Å². The van der Waals surface area contributed by atoms with Gasteiger partial charge in [0.2, 0.25) is 0 Å². The number of aliphatic imine (C=N–C) groups is 2. The van der Waals surface area contributed by atoms with E-state index < -0.39 is 0 Å². The second kappa shape index (κ2) is 42.1. The molecule has 2 rings (SSSR count). The molecule has 0 aromatic carbocycles. The van der Waals surface area contributed by atoms with Crippen LogP contribution in [0, 0.1) is 0 Å². The van der Waals surface area contributed by atoms with Crippen LogP contribution < -0.4 is 9.80 Å². The second-order valence-corrected chi connectivity index (χ2v) is 14.1. The van der Waals surface area contributed by atoms with Crippen molar-refractivity contribution in [2.45, 2.75) is 195 Å². The van der Waals surface area contributed by atoms with Gasteiger partial charge in [-0.3, -0.25) is 9.80 Å². The molecule has 2 atom stereocenters. The van der Waals surface area contributed by atoms with Crippen LogP contribution in [-0.4, -0.2) is 75.4 Å². The highest BCUT2D eigenvalue weighted by atomic mass is 16.3. The Balaban J connectivity index is 0. The van der Waals surface area contributed by atoms with Gasteiger partial charge >= 0.3 is 0 Å². The highest BCUT2D eigenvalue weighted by Gasteiger charge is 2.17. The third-order valence-corrected chi connectivity index (χ3v) is 9.29. The smallest absolute Gasteiger partial charge is 0.196 e. The fraction of sp³-hybridized carbons (Fsp3) is 0.905. The Hall–Kier alpha value is -1.08. The summed E-state index contributed by atoms with van der Waals surface area (Å²) < 4.78 is 0. The quantitative estimate of drug-likeness (QED) is 0.0519. The van der Waals surface area contributed by atoms with E-state index in [1.807, 2.05) is 0 Å². The summed E-state index contributed by atoms with van der Waals surface area (Å²) >= 11 is 0. The van der Waals surface area contributed by atoms with Crippen LogP contribution in [0.4, 0.5) is 0 Å². The number of aliphatic hydroxyl groups excluding tert-OH is 2. The number of amidine groups is 2. The summed E-state index contributed by atoms with van der Waals surface area (Å²) in [7, 11) is 4.49. The zero-order valence-corrected chi connectivity index (χ0v) is 33.6. The number of quaternary nitrogens is 2. The predicted molar refractivity (Wildman–Crippen MR) is 214 cm³/mol. The lowest BCUT2D eigenvalue weighted by Gasteiger charge is -2.07. The zero-order chi connectivity index (χ0) is 35.8. The molecule has 0 aliphatic carbocycles. The van der Waals surface area contributed by atoms with Gasteiger partial charge < -0.3 is 10.2 Å². The molecule has 0 aromatic heterocycles. The first-order valence-corrected chi connectivity index (χ1v) is 21.1. The first-order chi connectivity index (χ1) is 23.5. The number of allylic oxidation sites excluding steroid dienone is 2. The third-order valence-electron chi connectivity index (χ3n) is 9.29. The molecule has 6 nitrogen and oxygen atoms in total. The molecule has 0 fully saturated rings. The minimum atomic E-state index is 0.361. The van der Waals surface area contributed by atoms with Gasteiger partial charge in [0.05, 0.1) is 27.2 Å². The molecule has 4 N–H and O–H groups in total. The average molecular weight is 681 g/mol. The maximum absolute atomic E-state index is 8.29. The van der Waals surface area contributed by atoms with E-state index in [0.717, 1.165) is 25.9 Å². The van der Waals surface area contributed by atoms with Crippen LogP contribution in [0.25, 0.3) is 0 Å². The maximum Gasteiger partial charge on any atom is 0.196 e. The Morgan fingerprint density at radius 1 is 0.479 bits per heavy atom. The lowest BCUT2D eigenvalue weighted by Crippen LogP contribution is -3.10. The maximum atomic E-state index is 8.29. The first kappa shape index (κ1) is 49.0. The number of unbranched alkanes of at least 4 members (excludes halogenated alkanes) is 19. The van der Waals surface area contributed by atoms with E-state index >= 15 is 0 Å². The molecule has 2 aliphatic rings. The minimum Gasteiger partial charge on any atom is -0.396 e. The van der Waals surface area contributed by atoms with Crippen LogP contribution in [0.2, 0.25) is 0 Å². The van der Waals surface area contributed by atoms with Crippen LogP contribution in [0.1, 0.15) is 195 Å². The van der Waals surface area contributed by atoms with E-state index in [1.165, 1.54) is 184 Å². The van der Waals surface area contributed by atoms with Gasteiger partial charge in [0.25, 0.3) is 0 Å². The summed E-state index contributed by atoms with van der Waals surface area (Å²) in [6.45, 7) is 14.1. The molecule has 286 valence electrons. The van der Waals surface area contributed by atoms with E-state index in [2.05, 4.69) is 63.9 Å². The molecular formula is C42H88N4O2+2. The molecule has 2 unspecified atom stereocenters. The van der Waals surface area contributed by atoms with Crippen LogP contribution in [-0.2, 0) is 0 Å². The van der Waals surface area contributed by atoms with E-state index in [1.54, 1.807) is 4.90 Å². The van der Waals surface area contributed by atoms with Gasteiger partial charge in [0, 0.05) is 26.1 Å². The molecule has 6 heteroatoms. The Morgan fingerprint density at radius 3 is 1.17 bits per heavy atom. The van der Waals surface area contributed by atoms with Crippen molar-refractivity contribution in [2.75, 3.05) is 53.5 Å². The fourth-order valence-corrected chi connectivity index (χ4v) is 5.91. The largest absolute Gasteiger partial charge is 0.396 e.